The third kappa shape index (κ3) is 4.89. The van der Waals surface area contributed by atoms with Crippen molar-refractivity contribution in [1.29, 1.82) is 0 Å². The molecule has 0 spiro atoms. The summed E-state index contributed by atoms with van der Waals surface area (Å²) in [6.07, 6.45) is 6.37. The number of carbonyl (C=O) groups is 1. The van der Waals surface area contributed by atoms with Crippen LogP contribution in [-0.4, -0.2) is 18.7 Å². The van der Waals surface area contributed by atoms with Gasteiger partial charge in [-0.25, -0.2) is 5.43 Å². The minimum atomic E-state index is 0.0282. The number of amides is 1. The van der Waals surface area contributed by atoms with E-state index in [-0.39, 0.29) is 17.2 Å². The first-order valence-corrected chi connectivity index (χ1v) is 11.8. The van der Waals surface area contributed by atoms with Gasteiger partial charge in [0.1, 0.15) is 6.61 Å². The van der Waals surface area contributed by atoms with E-state index in [1.54, 1.807) is 18.3 Å². The lowest BCUT2D eigenvalue weighted by Crippen LogP contribution is -2.22. The first-order chi connectivity index (χ1) is 15.4. The van der Waals surface area contributed by atoms with Crippen LogP contribution in [0.25, 0.3) is 0 Å². The van der Waals surface area contributed by atoms with Crippen LogP contribution < -0.4 is 14.9 Å². The summed E-state index contributed by atoms with van der Waals surface area (Å²) < 4.78 is 11.7. The van der Waals surface area contributed by atoms with Crippen molar-refractivity contribution in [2.75, 3.05) is 6.61 Å². The fourth-order valence-electron chi connectivity index (χ4n) is 4.88. The van der Waals surface area contributed by atoms with Gasteiger partial charge in [-0.15, -0.1) is 0 Å². The molecular formula is C25H28Cl2N2O3. The van der Waals surface area contributed by atoms with Crippen molar-refractivity contribution in [3.8, 4) is 11.5 Å². The van der Waals surface area contributed by atoms with E-state index in [4.69, 9.17) is 32.7 Å². The Balaban J connectivity index is 1.38. The zero-order valence-corrected chi connectivity index (χ0v) is 19.9. The summed E-state index contributed by atoms with van der Waals surface area (Å²) in [4.78, 5) is 12.6. The van der Waals surface area contributed by atoms with Crippen LogP contribution in [0.5, 0.6) is 11.5 Å². The fourth-order valence-corrected chi connectivity index (χ4v) is 5.34. The van der Waals surface area contributed by atoms with E-state index in [2.05, 4.69) is 17.5 Å². The number of ether oxygens (including phenoxy) is 2. The molecule has 5 nitrogen and oxygen atoms in total. The zero-order valence-electron chi connectivity index (χ0n) is 18.4. The lowest BCUT2D eigenvalue weighted by molar-refractivity contribution is -0.123. The Morgan fingerprint density at radius 3 is 2.75 bits per heavy atom. The zero-order chi connectivity index (χ0) is 22.7. The Kier molecular flexibility index (Phi) is 6.96. The number of fused-ring (bicyclic) bond motifs is 1. The summed E-state index contributed by atoms with van der Waals surface area (Å²) in [5.74, 6) is 1.85. The number of carbonyl (C=O) groups excluding carboxylic acids is 1. The van der Waals surface area contributed by atoms with Gasteiger partial charge in [0.05, 0.1) is 12.8 Å². The van der Waals surface area contributed by atoms with Crippen molar-refractivity contribution in [1.82, 2.24) is 5.43 Å². The summed E-state index contributed by atoms with van der Waals surface area (Å²) in [5.41, 5.74) is 4.55. The number of hydrazone groups is 1. The number of hydrogen-bond acceptors (Lipinski definition) is 4. The van der Waals surface area contributed by atoms with Gasteiger partial charge in [-0.3, -0.25) is 4.79 Å². The average molecular weight is 475 g/mol. The number of rotatable bonds is 8. The van der Waals surface area contributed by atoms with E-state index in [1.807, 2.05) is 31.2 Å². The largest absolute Gasteiger partial charge is 0.490 e. The van der Waals surface area contributed by atoms with Crippen LogP contribution in [0.4, 0.5) is 0 Å². The second-order valence-electron chi connectivity index (χ2n) is 8.73. The molecule has 1 N–H and O–H groups in total. The lowest BCUT2D eigenvalue weighted by atomic mass is 9.90. The second kappa shape index (κ2) is 9.72. The normalized spacial score (nSPS) is 24.1. The number of halogens is 2. The van der Waals surface area contributed by atoms with E-state index < -0.39 is 0 Å². The minimum Gasteiger partial charge on any atom is -0.490 e. The van der Waals surface area contributed by atoms with Crippen LogP contribution in [-0.2, 0) is 11.4 Å². The molecule has 2 aliphatic rings. The highest BCUT2D eigenvalue weighted by Crippen LogP contribution is 2.66. The van der Waals surface area contributed by atoms with Gasteiger partial charge in [-0.2, -0.15) is 5.10 Å². The summed E-state index contributed by atoms with van der Waals surface area (Å²) in [6.45, 7) is 4.93. The van der Waals surface area contributed by atoms with Crippen molar-refractivity contribution in [3.63, 3.8) is 0 Å². The predicted molar refractivity (Wildman–Crippen MR) is 128 cm³/mol. The first-order valence-electron chi connectivity index (χ1n) is 11.1. The van der Waals surface area contributed by atoms with Crippen LogP contribution in [0, 0.1) is 17.3 Å². The van der Waals surface area contributed by atoms with Crippen LogP contribution in [0.2, 0.25) is 10.0 Å². The molecule has 0 aromatic heterocycles. The van der Waals surface area contributed by atoms with E-state index in [0.717, 1.165) is 24.0 Å². The topological polar surface area (TPSA) is 59.9 Å². The van der Waals surface area contributed by atoms with Crippen molar-refractivity contribution in [2.45, 2.75) is 46.1 Å². The lowest BCUT2D eigenvalue weighted by Gasteiger charge is -2.15. The van der Waals surface area contributed by atoms with Gasteiger partial charge in [-0.05, 0) is 67.0 Å². The Morgan fingerprint density at radius 1 is 1.19 bits per heavy atom. The predicted octanol–water partition coefficient (Wildman–Crippen LogP) is 6.25. The third-order valence-electron chi connectivity index (χ3n) is 6.67. The highest BCUT2D eigenvalue weighted by atomic mass is 35.5. The molecule has 0 saturated heterocycles. The molecular weight excluding hydrogens is 447 g/mol. The smallest absolute Gasteiger partial charge is 0.244 e. The molecule has 0 heterocycles. The highest BCUT2D eigenvalue weighted by molar-refractivity contribution is 6.35. The molecule has 1 amide bonds. The molecule has 3 atom stereocenters. The van der Waals surface area contributed by atoms with Gasteiger partial charge in [-0.1, -0.05) is 49.0 Å². The van der Waals surface area contributed by atoms with Crippen molar-refractivity contribution in [2.24, 2.45) is 22.4 Å². The first kappa shape index (κ1) is 22.9. The van der Waals surface area contributed by atoms with Gasteiger partial charge in [0.15, 0.2) is 11.5 Å². The number of nitrogens with zero attached hydrogens (tertiary/aromatic N) is 1. The van der Waals surface area contributed by atoms with Gasteiger partial charge in [0.25, 0.3) is 0 Å². The number of nitrogens with one attached hydrogen (secondary N) is 1. The van der Waals surface area contributed by atoms with Crippen molar-refractivity contribution >= 4 is 35.3 Å². The number of hydrogen-bond donors (Lipinski definition) is 1. The van der Waals surface area contributed by atoms with Crippen molar-refractivity contribution in [3.05, 3.63) is 57.6 Å². The monoisotopic (exact) mass is 474 g/mol. The molecule has 2 aromatic carbocycles. The molecule has 2 aliphatic carbocycles. The summed E-state index contributed by atoms with van der Waals surface area (Å²) in [6, 6.07) is 10.8. The average Bonchev–Trinajstić information content (AvgIpc) is 3.40. The molecule has 0 bridgehead atoms. The van der Waals surface area contributed by atoms with Gasteiger partial charge >= 0.3 is 0 Å². The van der Waals surface area contributed by atoms with E-state index in [0.29, 0.717) is 40.7 Å². The van der Waals surface area contributed by atoms with Crippen LogP contribution in [0.3, 0.4) is 0 Å². The van der Waals surface area contributed by atoms with Gasteiger partial charge < -0.3 is 9.47 Å². The molecule has 0 aliphatic heterocycles. The van der Waals surface area contributed by atoms with Gasteiger partial charge in [0.2, 0.25) is 5.91 Å². The fraction of sp³-hybridized carbons (Fsp3) is 0.440. The maximum atomic E-state index is 12.6. The highest BCUT2D eigenvalue weighted by Gasteiger charge is 2.64. The van der Waals surface area contributed by atoms with Crippen LogP contribution in [0.1, 0.15) is 50.7 Å². The molecule has 2 aromatic rings. The van der Waals surface area contributed by atoms with Crippen molar-refractivity contribution < 1.29 is 14.3 Å². The van der Waals surface area contributed by atoms with E-state index >= 15 is 0 Å². The number of benzene rings is 2. The third-order valence-corrected chi connectivity index (χ3v) is 7.26. The summed E-state index contributed by atoms with van der Waals surface area (Å²) >= 11 is 12.2. The molecule has 2 saturated carbocycles. The van der Waals surface area contributed by atoms with Crippen LogP contribution in [0.15, 0.2) is 41.5 Å². The summed E-state index contributed by atoms with van der Waals surface area (Å²) in [7, 11) is 0. The molecule has 32 heavy (non-hydrogen) atoms. The van der Waals surface area contributed by atoms with E-state index in [9.17, 15) is 4.79 Å². The minimum absolute atomic E-state index is 0.0282. The maximum Gasteiger partial charge on any atom is 0.244 e. The Labute approximate surface area is 199 Å². The molecule has 7 heteroatoms. The van der Waals surface area contributed by atoms with E-state index in [1.165, 1.54) is 12.8 Å². The molecule has 2 fully saturated rings. The molecule has 4 rings (SSSR count). The van der Waals surface area contributed by atoms with Gasteiger partial charge in [0, 0.05) is 21.5 Å². The molecule has 0 unspecified atom stereocenters. The second-order valence-corrected chi connectivity index (χ2v) is 9.58. The summed E-state index contributed by atoms with van der Waals surface area (Å²) in [5, 5.41) is 5.32. The quantitative estimate of drug-likeness (QED) is 0.363. The Morgan fingerprint density at radius 2 is 2.03 bits per heavy atom. The molecule has 0 radical (unpaired) electrons. The Hall–Kier alpha value is -2.24. The standard InChI is InChI=1S/C25H28Cl2N2O3/c1-3-31-22-12-16(7-10-21(22)32-15-17-8-9-18(26)13-20(17)27)14-28-29-24(30)23-19-6-4-5-11-25(19,23)2/h7-10,12-14,19,23H,3-6,11,15H2,1-2H3,(H,29,30)/b28-14+/t19-,23-,25-/m0/s1. The molecule has 170 valence electrons. The van der Waals surface area contributed by atoms with Crippen LogP contribution >= 0.6 is 23.2 Å². The maximum absolute atomic E-state index is 12.6. The Bertz CT molecular complexity index is 1030. The SMILES string of the molecule is CCOc1cc(/C=N/NC(=O)[C@@H]2[C@@H]3CCCC[C@]23C)ccc1OCc1ccc(Cl)cc1Cl.